The Hall–Kier alpha value is -1.42. The van der Waals surface area contributed by atoms with Crippen LogP contribution in [-0.4, -0.2) is 36.0 Å². The van der Waals surface area contributed by atoms with E-state index >= 15 is 0 Å². The standard InChI is InChI=1S/C10H9F9O2/c1-4(2)21-6(20)5(3)7(11,12)8(13,14)9(15,16)10(17,18)19/h4H,3H2,1-2H3. The highest BCUT2D eigenvalue weighted by Gasteiger charge is 2.82. The number of hydrogen-bond acceptors (Lipinski definition) is 2. The van der Waals surface area contributed by atoms with E-state index in [9.17, 15) is 44.3 Å². The molecule has 11 heteroatoms. The van der Waals surface area contributed by atoms with Crippen LogP contribution in [0.5, 0.6) is 0 Å². The molecular formula is C10H9F9O2. The number of carbonyl (C=O) groups is 1. The van der Waals surface area contributed by atoms with Gasteiger partial charge in [0.25, 0.3) is 0 Å². The zero-order valence-electron chi connectivity index (χ0n) is 10.5. The molecular weight excluding hydrogens is 323 g/mol. The summed E-state index contributed by atoms with van der Waals surface area (Å²) < 4.78 is 117. The van der Waals surface area contributed by atoms with E-state index in [2.05, 4.69) is 11.3 Å². The second-order valence-electron chi connectivity index (χ2n) is 4.15. The second-order valence-corrected chi connectivity index (χ2v) is 4.15. The summed E-state index contributed by atoms with van der Waals surface area (Å²) in [5.41, 5.74) is -2.51. The van der Waals surface area contributed by atoms with Crippen LogP contribution in [0.25, 0.3) is 0 Å². The fourth-order valence-electron chi connectivity index (χ4n) is 0.978. The number of alkyl halides is 9. The lowest BCUT2D eigenvalue weighted by Gasteiger charge is -2.33. The number of esters is 1. The molecule has 0 rings (SSSR count). The van der Waals surface area contributed by atoms with E-state index in [1.807, 2.05) is 0 Å². The van der Waals surface area contributed by atoms with Crippen molar-refractivity contribution in [2.75, 3.05) is 0 Å². The summed E-state index contributed by atoms with van der Waals surface area (Å²) in [6, 6.07) is 0. The number of halogens is 9. The van der Waals surface area contributed by atoms with Gasteiger partial charge in [0.1, 0.15) is 5.57 Å². The van der Waals surface area contributed by atoms with Gasteiger partial charge in [-0.05, 0) is 13.8 Å². The lowest BCUT2D eigenvalue weighted by molar-refractivity contribution is -0.389. The third kappa shape index (κ3) is 3.26. The van der Waals surface area contributed by atoms with Crippen LogP contribution in [0.2, 0.25) is 0 Å². The van der Waals surface area contributed by atoms with Gasteiger partial charge in [0.2, 0.25) is 0 Å². The van der Waals surface area contributed by atoms with Crippen molar-refractivity contribution in [1.29, 1.82) is 0 Å². The molecule has 0 atom stereocenters. The third-order valence-corrected chi connectivity index (χ3v) is 2.11. The fraction of sp³-hybridized carbons (Fsp3) is 0.700. The van der Waals surface area contributed by atoms with E-state index in [4.69, 9.17) is 0 Å². The zero-order valence-corrected chi connectivity index (χ0v) is 10.5. The summed E-state index contributed by atoms with van der Waals surface area (Å²) in [4.78, 5) is 11.0. The summed E-state index contributed by atoms with van der Waals surface area (Å²) >= 11 is 0. The van der Waals surface area contributed by atoms with Crippen molar-refractivity contribution in [3.8, 4) is 0 Å². The van der Waals surface area contributed by atoms with Crippen molar-refractivity contribution in [1.82, 2.24) is 0 Å². The summed E-state index contributed by atoms with van der Waals surface area (Å²) in [7, 11) is 0. The molecule has 0 aliphatic rings. The molecule has 0 bridgehead atoms. The van der Waals surface area contributed by atoms with Gasteiger partial charge < -0.3 is 4.74 Å². The molecule has 0 aromatic carbocycles. The predicted octanol–water partition coefficient (Wildman–Crippen LogP) is 3.96. The minimum atomic E-state index is -7.08. The van der Waals surface area contributed by atoms with Crippen molar-refractivity contribution >= 4 is 5.97 Å². The van der Waals surface area contributed by atoms with Crippen LogP contribution in [-0.2, 0) is 9.53 Å². The molecule has 0 heterocycles. The van der Waals surface area contributed by atoms with Crippen LogP contribution in [0.15, 0.2) is 12.2 Å². The average molecular weight is 332 g/mol. The minimum absolute atomic E-state index is 1.10. The fourth-order valence-corrected chi connectivity index (χ4v) is 0.978. The Morgan fingerprint density at radius 1 is 0.905 bits per heavy atom. The van der Waals surface area contributed by atoms with Crippen LogP contribution >= 0.6 is 0 Å². The van der Waals surface area contributed by atoms with Gasteiger partial charge in [-0.1, -0.05) is 6.58 Å². The van der Waals surface area contributed by atoms with E-state index in [1.54, 1.807) is 0 Å². The van der Waals surface area contributed by atoms with E-state index in [1.165, 1.54) is 0 Å². The van der Waals surface area contributed by atoms with Gasteiger partial charge in [0.15, 0.2) is 0 Å². The SMILES string of the molecule is C=C(C(=O)OC(C)C)C(F)(F)C(F)(F)C(F)(F)C(F)(F)F. The predicted molar refractivity (Wildman–Crippen MR) is 51.3 cm³/mol. The molecule has 2 nitrogen and oxygen atoms in total. The highest BCUT2D eigenvalue weighted by molar-refractivity contribution is 5.90. The number of ether oxygens (including phenoxy) is 1. The highest BCUT2D eigenvalue weighted by atomic mass is 19.4. The maximum absolute atomic E-state index is 13.2. The monoisotopic (exact) mass is 332 g/mol. The van der Waals surface area contributed by atoms with Crippen LogP contribution in [0.1, 0.15) is 13.8 Å². The van der Waals surface area contributed by atoms with Crippen LogP contribution in [0.4, 0.5) is 39.5 Å². The molecule has 21 heavy (non-hydrogen) atoms. The number of carbonyl (C=O) groups excluding carboxylic acids is 1. The first-order valence-electron chi connectivity index (χ1n) is 5.10. The lowest BCUT2D eigenvalue weighted by Crippen LogP contribution is -2.62. The zero-order chi connectivity index (χ0) is 17.4. The summed E-state index contributed by atoms with van der Waals surface area (Å²) in [6.07, 6.45) is -8.07. The Morgan fingerprint density at radius 3 is 1.57 bits per heavy atom. The first-order valence-corrected chi connectivity index (χ1v) is 5.10. The second kappa shape index (κ2) is 5.41. The highest BCUT2D eigenvalue weighted by Crippen LogP contribution is 2.54. The molecule has 0 fully saturated rings. The van der Waals surface area contributed by atoms with Gasteiger partial charge in [-0.3, -0.25) is 0 Å². The number of rotatable bonds is 5. The molecule has 0 amide bonds. The van der Waals surface area contributed by atoms with Crippen molar-refractivity contribution in [3.63, 3.8) is 0 Å². The first kappa shape index (κ1) is 19.6. The topological polar surface area (TPSA) is 26.3 Å². The van der Waals surface area contributed by atoms with E-state index in [0.717, 1.165) is 13.8 Å². The molecule has 0 radical (unpaired) electrons. The molecule has 0 saturated carbocycles. The number of hydrogen-bond donors (Lipinski definition) is 0. The molecule has 0 spiro atoms. The Bertz CT molecular complexity index is 423. The molecule has 0 aliphatic carbocycles. The van der Waals surface area contributed by atoms with Crippen LogP contribution < -0.4 is 0 Å². The summed E-state index contributed by atoms with van der Waals surface area (Å²) in [5, 5.41) is 0. The normalized spacial score (nSPS) is 14.3. The molecule has 0 saturated heterocycles. The Kier molecular flexibility index (Phi) is 5.04. The Balaban J connectivity index is 5.68. The molecule has 0 unspecified atom stereocenters. The van der Waals surface area contributed by atoms with E-state index in [-0.39, 0.29) is 0 Å². The van der Waals surface area contributed by atoms with Crippen molar-refractivity contribution in [2.24, 2.45) is 0 Å². The van der Waals surface area contributed by atoms with Gasteiger partial charge >= 0.3 is 29.9 Å². The van der Waals surface area contributed by atoms with Crippen LogP contribution in [0, 0.1) is 0 Å². The van der Waals surface area contributed by atoms with Crippen molar-refractivity contribution < 1.29 is 49.0 Å². The Morgan fingerprint density at radius 2 is 1.29 bits per heavy atom. The van der Waals surface area contributed by atoms with Gasteiger partial charge in [0, 0.05) is 0 Å². The third-order valence-electron chi connectivity index (χ3n) is 2.11. The Labute approximate surface area is 112 Å². The van der Waals surface area contributed by atoms with Crippen LogP contribution in [0.3, 0.4) is 0 Å². The van der Waals surface area contributed by atoms with Crippen molar-refractivity contribution in [3.05, 3.63) is 12.2 Å². The maximum Gasteiger partial charge on any atom is 0.460 e. The largest absolute Gasteiger partial charge is 0.460 e. The van der Waals surface area contributed by atoms with Gasteiger partial charge in [-0.15, -0.1) is 0 Å². The average Bonchev–Trinajstić information content (AvgIpc) is 2.24. The maximum atomic E-state index is 13.2. The molecule has 0 aliphatic heterocycles. The molecule has 124 valence electrons. The molecule has 0 aromatic rings. The van der Waals surface area contributed by atoms with E-state index < -0.39 is 41.6 Å². The smallest absolute Gasteiger partial charge is 0.459 e. The summed E-state index contributed by atoms with van der Waals surface area (Å²) in [6.45, 7) is 4.34. The summed E-state index contributed by atoms with van der Waals surface area (Å²) in [5.74, 6) is -22.4. The minimum Gasteiger partial charge on any atom is -0.459 e. The van der Waals surface area contributed by atoms with E-state index in [0.29, 0.717) is 0 Å². The lowest BCUT2D eigenvalue weighted by atomic mass is 9.97. The quantitative estimate of drug-likeness (QED) is 0.433. The molecule has 0 aromatic heterocycles. The van der Waals surface area contributed by atoms with Gasteiger partial charge in [-0.2, -0.15) is 39.5 Å². The van der Waals surface area contributed by atoms with Gasteiger partial charge in [-0.25, -0.2) is 4.79 Å². The molecule has 0 N–H and O–H groups in total. The van der Waals surface area contributed by atoms with Gasteiger partial charge in [0.05, 0.1) is 6.10 Å². The first-order chi connectivity index (χ1) is 9.00. The van der Waals surface area contributed by atoms with Crippen molar-refractivity contribution in [2.45, 2.75) is 43.9 Å².